The van der Waals surface area contributed by atoms with E-state index in [0.29, 0.717) is 10.9 Å². The number of hydrogen-bond donors (Lipinski definition) is 1. The van der Waals surface area contributed by atoms with Gasteiger partial charge in [0.2, 0.25) is 0 Å². The van der Waals surface area contributed by atoms with Crippen LogP contribution in [0.2, 0.25) is 5.15 Å². The lowest BCUT2D eigenvalue weighted by atomic mass is 10.2. The molecule has 0 fully saturated rings. The number of hydrogen-bond acceptors (Lipinski definition) is 4. The molecule has 1 heterocycles. The number of halogens is 1. The van der Waals surface area contributed by atoms with E-state index in [1.165, 1.54) is 13.2 Å². The third kappa shape index (κ3) is 2.32. The molecule has 5 nitrogen and oxygen atoms in total. The van der Waals surface area contributed by atoms with Crippen molar-refractivity contribution in [3.8, 4) is 0 Å². The number of aromatic nitrogens is 1. The van der Waals surface area contributed by atoms with Gasteiger partial charge in [0.25, 0.3) is 10.0 Å². The maximum Gasteiger partial charge on any atom is 0.264 e. The maximum atomic E-state index is 11.9. The summed E-state index contributed by atoms with van der Waals surface area (Å²) in [6.07, 6.45) is 0. The van der Waals surface area contributed by atoms with Gasteiger partial charge < -0.3 is 0 Å². The van der Waals surface area contributed by atoms with E-state index in [-0.39, 0.29) is 10.0 Å². The predicted molar refractivity (Wildman–Crippen MR) is 68.8 cm³/mol. The number of pyridine rings is 1. The SMILES string of the molecule is CONS(=O)(=O)c1cccc2cc(C)c(Cl)nc12. The molecule has 0 bridgehead atoms. The Bertz CT molecular complexity index is 701. The molecule has 0 spiro atoms. The molecule has 0 amide bonds. The monoisotopic (exact) mass is 286 g/mol. The van der Waals surface area contributed by atoms with Crippen molar-refractivity contribution in [3.05, 3.63) is 35.0 Å². The third-order valence-electron chi connectivity index (χ3n) is 2.42. The van der Waals surface area contributed by atoms with Gasteiger partial charge in [-0.05, 0) is 24.6 Å². The quantitative estimate of drug-likeness (QED) is 0.692. The molecule has 18 heavy (non-hydrogen) atoms. The van der Waals surface area contributed by atoms with Crippen molar-refractivity contribution >= 4 is 32.5 Å². The van der Waals surface area contributed by atoms with Crippen LogP contribution in [0.15, 0.2) is 29.2 Å². The van der Waals surface area contributed by atoms with Gasteiger partial charge in [-0.25, -0.2) is 13.4 Å². The first-order valence-electron chi connectivity index (χ1n) is 5.06. The van der Waals surface area contributed by atoms with E-state index in [9.17, 15) is 8.42 Å². The maximum absolute atomic E-state index is 11.9. The summed E-state index contributed by atoms with van der Waals surface area (Å²) < 4.78 is 23.8. The van der Waals surface area contributed by atoms with Gasteiger partial charge >= 0.3 is 0 Å². The Labute approximate surface area is 110 Å². The number of para-hydroxylation sites is 1. The van der Waals surface area contributed by atoms with Gasteiger partial charge in [-0.1, -0.05) is 28.6 Å². The second-order valence-corrected chi connectivity index (χ2v) is 5.69. The Balaban J connectivity index is 2.77. The van der Waals surface area contributed by atoms with Crippen LogP contribution in [0.1, 0.15) is 5.56 Å². The van der Waals surface area contributed by atoms with Crippen molar-refractivity contribution in [2.75, 3.05) is 7.11 Å². The van der Waals surface area contributed by atoms with E-state index in [4.69, 9.17) is 11.6 Å². The predicted octanol–water partition coefficient (Wildman–Crippen LogP) is 2.04. The summed E-state index contributed by atoms with van der Waals surface area (Å²) in [7, 11) is -2.53. The van der Waals surface area contributed by atoms with Gasteiger partial charge in [0.15, 0.2) is 0 Å². The van der Waals surface area contributed by atoms with E-state index < -0.39 is 10.0 Å². The lowest BCUT2D eigenvalue weighted by Gasteiger charge is -2.08. The molecule has 0 saturated carbocycles. The first-order valence-corrected chi connectivity index (χ1v) is 6.92. The van der Waals surface area contributed by atoms with Crippen molar-refractivity contribution in [2.45, 2.75) is 11.8 Å². The van der Waals surface area contributed by atoms with Crippen LogP contribution in [0.5, 0.6) is 0 Å². The summed E-state index contributed by atoms with van der Waals surface area (Å²) in [4.78, 5) is 10.6. The van der Waals surface area contributed by atoms with Crippen LogP contribution < -0.4 is 4.89 Å². The minimum Gasteiger partial charge on any atom is -0.290 e. The molecule has 7 heteroatoms. The number of benzene rings is 1. The van der Waals surface area contributed by atoms with Crippen LogP contribution in [0, 0.1) is 6.92 Å². The highest BCUT2D eigenvalue weighted by Crippen LogP contribution is 2.25. The highest BCUT2D eigenvalue weighted by Gasteiger charge is 2.18. The smallest absolute Gasteiger partial charge is 0.264 e. The highest BCUT2D eigenvalue weighted by atomic mass is 35.5. The van der Waals surface area contributed by atoms with Gasteiger partial charge in [0.05, 0.1) is 12.6 Å². The lowest BCUT2D eigenvalue weighted by molar-refractivity contribution is 0.153. The number of nitrogens with one attached hydrogen (secondary N) is 1. The third-order valence-corrected chi connectivity index (χ3v) is 4.10. The number of rotatable bonds is 3. The largest absolute Gasteiger partial charge is 0.290 e. The fourth-order valence-electron chi connectivity index (χ4n) is 1.63. The standard InChI is InChI=1S/C11H11ClN2O3S/c1-7-6-8-4-3-5-9(10(8)13-11(7)12)18(15,16)14-17-2/h3-6,14H,1-2H3. The topological polar surface area (TPSA) is 68.3 Å². The number of aryl methyl sites for hydroxylation is 1. The van der Waals surface area contributed by atoms with E-state index >= 15 is 0 Å². The van der Waals surface area contributed by atoms with Gasteiger partial charge in [-0.15, -0.1) is 0 Å². The van der Waals surface area contributed by atoms with Crippen LogP contribution in [-0.2, 0) is 14.9 Å². The summed E-state index contributed by atoms with van der Waals surface area (Å²) in [6, 6.07) is 6.65. The summed E-state index contributed by atoms with van der Waals surface area (Å²) in [5, 5.41) is 0.985. The fraction of sp³-hybridized carbons (Fsp3) is 0.182. The fourth-order valence-corrected chi connectivity index (χ4v) is 2.75. The number of sulfonamides is 1. The average molecular weight is 287 g/mol. The number of nitrogens with zero attached hydrogens (tertiary/aromatic N) is 1. The van der Waals surface area contributed by atoms with Gasteiger partial charge in [-0.2, -0.15) is 0 Å². The van der Waals surface area contributed by atoms with Crippen molar-refractivity contribution in [2.24, 2.45) is 0 Å². The van der Waals surface area contributed by atoms with Crippen LogP contribution in [0.3, 0.4) is 0 Å². The second kappa shape index (κ2) is 4.81. The first kappa shape index (κ1) is 13.2. The molecule has 0 aliphatic rings. The molecule has 96 valence electrons. The molecular weight excluding hydrogens is 276 g/mol. The van der Waals surface area contributed by atoms with Crippen LogP contribution >= 0.6 is 11.6 Å². The van der Waals surface area contributed by atoms with Gasteiger partial charge in [0.1, 0.15) is 10.0 Å². The molecule has 2 rings (SSSR count). The van der Waals surface area contributed by atoms with Crippen LogP contribution in [0.25, 0.3) is 10.9 Å². The molecule has 0 radical (unpaired) electrons. The molecule has 1 aromatic carbocycles. The molecule has 0 aliphatic carbocycles. The molecule has 2 aromatic rings. The zero-order valence-electron chi connectivity index (χ0n) is 9.77. The molecule has 0 unspecified atom stereocenters. The Morgan fingerprint density at radius 3 is 2.78 bits per heavy atom. The van der Waals surface area contributed by atoms with Crippen molar-refractivity contribution in [1.82, 2.24) is 9.87 Å². The Hall–Kier alpha value is -1.21. The molecule has 1 aromatic heterocycles. The lowest BCUT2D eigenvalue weighted by Crippen LogP contribution is -2.22. The molecule has 0 aliphatic heterocycles. The van der Waals surface area contributed by atoms with Crippen LogP contribution in [0.4, 0.5) is 0 Å². The van der Waals surface area contributed by atoms with Crippen molar-refractivity contribution in [3.63, 3.8) is 0 Å². The summed E-state index contributed by atoms with van der Waals surface area (Å²) >= 11 is 5.93. The first-order chi connectivity index (χ1) is 8.45. The van der Waals surface area contributed by atoms with E-state index in [2.05, 4.69) is 9.82 Å². The Morgan fingerprint density at radius 1 is 1.39 bits per heavy atom. The zero-order valence-corrected chi connectivity index (χ0v) is 11.3. The van der Waals surface area contributed by atoms with E-state index in [1.807, 2.05) is 11.8 Å². The summed E-state index contributed by atoms with van der Waals surface area (Å²) in [6.45, 7) is 1.81. The Morgan fingerprint density at radius 2 is 2.11 bits per heavy atom. The minimum atomic E-state index is -3.76. The van der Waals surface area contributed by atoms with E-state index in [1.54, 1.807) is 18.2 Å². The van der Waals surface area contributed by atoms with Crippen molar-refractivity contribution < 1.29 is 13.3 Å². The second-order valence-electron chi connectivity index (χ2n) is 3.71. The van der Waals surface area contributed by atoms with E-state index in [0.717, 1.165) is 5.56 Å². The highest BCUT2D eigenvalue weighted by molar-refractivity contribution is 7.89. The molecule has 0 saturated heterocycles. The normalized spacial score (nSPS) is 11.9. The summed E-state index contributed by atoms with van der Waals surface area (Å²) in [5.41, 5.74) is 1.11. The zero-order chi connectivity index (χ0) is 13.3. The average Bonchev–Trinajstić information content (AvgIpc) is 2.29. The minimum absolute atomic E-state index is 0.0313. The Kier molecular flexibility index (Phi) is 3.54. The van der Waals surface area contributed by atoms with Crippen molar-refractivity contribution in [1.29, 1.82) is 0 Å². The number of fused-ring (bicyclic) bond motifs is 1. The van der Waals surface area contributed by atoms with Gasteiger partial charge in [0, 0.05) is 5.39 Å². The molecule has 0 atom stereocenters. The molecule has 1 N–H and O–H groups in total. The van der Waals surface area contributed by atoms with Gasteiger partial charge in [-0.3, -0.25) is 4.84 Å². The van der Waals surface area contributed by atoms with Crippen LogP contribution in [-0.4, -0.2) is 20.5 Å². The molecular formula is C11H11ClN2O3S. The summed E-state index contributed by atoms with van der Waals surface area (Å²) in [5.74, 6) is 0.